The minimum Gasteiger partial charge on any atom is -0.355 e. The molecule has 118 valence electrons. The molecule has 1 amide bonds. The number of para-hydroxylation sites is 2. The lowest BCUT2D eigenvalue weighted by Gasteiger charge is -2.10. The molecule has 0 saturated carbocycles. The van der Waals surface area contributed by atoms with Gasteiger partial charge in [0, 0.05) is 18.1 Å². The van der Waals surface area contributed by atoms with E-state index in [-0.39, 0.29) is 5.91 Å². The molecule has 24 heavy (non-hydrogen) atoms. The fraction of sp³-hybridized carbons (Fsp3) is 0.0556. The average Bonchev–Trinajstić information content (AvgIpc) is 3.12. The van der Waals surface area contributed by atoms with Gasteiger partial charge < -0.3 is 10.6 Å². The zero-order chi connectivity index (χ0) is 16.5. The number of aromatic nitrogens is 2. The predicted octanol–water partition coefficient (Wildman–Crippen LogP) is 3.95. The van der Waals surface area contributed by atoms with Crippen molar-refractivity contribution in [2.75, 3.05) is 12.4 Å². The first kappa shape index (κ1) is 14.6. The maximum Gasteiger partial charge on any atom is 0.253 e. The fourth-order valence-electron chi connectivity index (χ4n) is 2.68. The number of nitrogens with one attached hydrogen (secondary N) is 2. The summed E-state index contributed by atoms with van der Waals surface area (Å²) in [5.41, 5.74) is 4.77. The van der Waals surface area contributed by atoms with Crippen LogP contribution in [0.1, 0.15) is 10.4 Å². The Morgan fingerprint density at radius 1 is 1.04 bits per heavy atom. The number of pyridine rings is 1. The number of anilines is 2. The molecule has 2 heterocycles. The number of fused-ring (bicyclic) bond motifs is 3. The smallest absolute Gasteiger partial charge is 0.253 e. The molecule has 0 aliphatic heterocycles. The van der Waals surface area contributed by atoms with Gasteiger partial charge in [-0.05, 0) is 18.2 Å². The SMILES string of the molecule is CNC(=O)c1cccc2c1nc(Nc1ccccc1)c1ncsc12. The van der Waals surface area contributed by atoms with Crippen LogP contribution in [-0.4, -0.2) is 22.9 Å². The van der Waals surface area contributed by atoms with Crippen LogP contribution in [0.15, 0.2) is 54.0 Å². The summed E-state index contributed by atoms with van der Waals surface area (Å²) in [6.45, 7) is 0. The first-order valence-electron chi connectivity index (χ1n) is 7.48. The van der Waals surface area contributed by atoms with Gasteiger partial charge in [-0.1, -0.05) is 30.3 Å². The molecule has 5 nitrogen and oxygen atoms in total. The topological polar surface area (TPSA) is 66.9 Å². The number of thiazole rings is 1. The van der Waals surface area contributed by atoms with Crippen molar-refractivity contribution in [3.8, 4) is 0 Å². The lowest BCUT2D eigenvalue weighted by Crippen LogP contribution is -2.18. The average molecular weight is 334 g/mol. The third-order valence-corrected chi connectivity index (χ3v) is 4.66. The molecule has 0 spiro atoms. The number of hydrogen-bond acceptors (Lipinski definition) is 5. The summed E-state index contributed by atoms with van der Waals surface area (Å²) >= 11 is 1.55. The number of carbonyl (C=O) groups excluding carboxylic acids is 1. The monoisotopic (exact) mass is 334 g/mol. The largest absolute Gasteiger partial charge is 0.355 e. The molecule has 2 aromatic carbocycles. The van der Waals surface area contributed by atoms with Crippen LogP contribution in [0.3, 0.4) is 0 Å². The molecule has 6 heteroatoms. The van der Waals surface area contributed by atoms with Gasteiger partial charge in [-0.2, -0.15) is 0 Å². The first-order valence-corrected chi connectivity index (χ1v) is 8.36. The summed E-state index contributed by atoms with van der Waals surface area (Å²) in [6, 6.07) is 15.4. The summed E-state index contributed by atoms with van der Waals surface area (Å²) in [5.74, 6) is 0.504. The molecule has 0 bridgehead atoms. The van der Waals surface area contributed by atoms with Crippen LogP contribution in [-0.2, 0) is 0 Å². The van der Waals surface area contributed by atoms with Gasteiger partial charge in [0.1, 0.15) is 5.52 Å². The van der Waals surface area contributed by atoms with E-state index >= 15 is 0 Å². The van der Waals surface area contributed by atoms with Gasteiger partial charge in [0.2, 0.25) is 0 Å². The predicted molar refractivity (Wildman–Crippen MR) is 98.0 cm³/mol. The second-order valence-electron chi connectivity index (χ2n) is 5.26. The highest BCUT2D eigenvalue weighted by Gasteiger charge is 2.16. The number of nitrogens with zero attached hydrogens (tertiary/aromatic N) is 2. The van der Waals surface area contributed by atoms with E-state index in [0.717, 1.165) is 21.3 Å². The minimum atomic E-state index is -0.150. The van der Waals surface area contributed by atoms with Gasteiger partial charge in [0.15, 0.2) is 5.82 Å². The molecule has 0 unspecified atom stereocenters. The van der Waals surface area contributed by atoms with Crippen molar-refractivity contribution in [2.24, 2.45) is 0 Å². The Morgan fingerprint density at radius 2 is 1.88 bits per heavy atom. The Bertz CT molecular complexity index is 1040. The van der Waals surface area contributed by atoms with Gasteiger partial charge in [-0.25, -0.2) is 9.97 Å². The first-order chi connectivity index (χ1) is 11.8. The Kier molecular flexibility index (Phi) is 3.59. The van der Waals surface area contributed by atoms with Crippen molar-refractivity contribution in [3.05, 3.63) is 59.6 Å². The third kappa shape index (κ3) is 2.37. The maximum absolute atomic E-state index is 12.2. The molecule has 2 aromatic heterocycles. The Labute approximate surface area is 142 Å². The summed E-state index contributed by atoms with van der Waals surface area (Å²) in [7, 11) is 1.62. The van der Waals surface area contributed by atoms with Crippen molar-refractivity contribution in [3.63, 3.8) is 0 Å². The van der Waals surface area contributed by atoms with Crippen molar-refractivity contribution in [1.82, 2.24) is 15.3 Å². The lowest BCUT2D eigenvalue weighted by molar-refractivity contribution is 0.0964. The minimum absolute atomic E-state index is 0.150. The Balaban J connectivity index is 1.98. The van der Waals surface area contributed by atoms with Gasteiger partial charge >= 0.3 is 0 Å². The highest BCUT2D eigenvalue weighted by atomic mass is 32.1. The summed E-state index contributed by atoms with van der Waals surface area (Å²) in [4.78, 5) is 21.4. The van der Waals surface area contributed by atoms with Gasteiger partial charge in [0.05, 0.1) is 21.3 Å². The maximum atomic E-state index is 12.2. The number of amides is 1. The van der Waals surface area contributed by atoms with Crippen LogP contribution in [0, 0.1) is 0 Å². The Morgan fingerprint density at radius 3 is 2.67 bits per heavy atom. The van der Waals surface area contributed by atoms with E-state index in [1.807, 2.05) is 42.5 Å². The fourth-order valence-corrected chi connectivity index (χ4v) is 3.50. The van der Waals surface area contributed by atoms with Crippen LogP contribution >= 0.6 is 11.3 Å². The molecule has 0 fully saturated rings. The number of hydrogen-bond donors (Lipinski definition) is 2. The number of benzene rings is 2. The molecule has 0 atom stereocenters. The van der Waals surface area contributed by atoms with E-state index < -0.39 is 0 Å². The van der Waals surface area contributed by atoms with E-state index in [1.54, 1.807) is 30.0 Å². The zero-order valence-corrected chi connectivity index (χ0v) is 13.7. The molecular weight excluding hydrogens is 320 g/mol. The molecule has 0 aliphatic rings. The molecule has 4 aromatic rings. The lowest BCUT2D eigenvalue weighted by atomic mass is 10.1. The van der Waals surface area contributed by atoms with Crippen LogP contribution in [0.4, 0.5) is 11.5 Å². The molecule has 0 saturated heterocycles. The summed E-state index contributed by atoms with van der Waals surface area (Å²) in [5, 5.41) is 6.92. The highest BCUT2D eigenvalue weighted by Crippen LogP contribution is 2.34. The molecule has 2 N–H and O–H groups in total. The second-order valence-corrected chi connectivity index (χ2v) is 6.12. The van der Waals surface area contributed by atoms with Crippen molar-refractivity contribution >= 4 is 49.9 Å². The van der Waals surface area contributed by atoms with Crippen LogP contribution in [0.5, 0.6) is 0 Å². The summed E-state index contributed by atoms with van der Waals surface area (Å²) < 4.78 is 1.02. The number of rotatable bonds is 3. The summed E-state index contributed by atoms with van der Waals surface area (Å²) in [6.07, 6.45) is 0. The van der Waals surface area contributed by atoms with E-state index in [9.17, 15) is 4.79 Å². The quantitative estimate of drug-likeness (QED) is 0.595. The normalized spacial score (nSPS) is 10.9. The van der Waals surface area contributed by atoms with E-state index in [4.69, 9.17) is 4.98 Å². The van der Waals surface area contributed by atoms with Crippen LogP contribution in [0.25, 0.3) is 21.1 Å². The zero-order valence-electron chi connectivity index (χ0n) is 12.9. The van der Waals surface area contributed by atoms with Crippen molar-refractivity contribution < 1.29 is 4.79 Å². The standard InChI is InChI=1S/C18H14N4OS/c1-19-18(23)13-9-5-8-12-14(13)22-17(15-16(12)24-10-20-15)21-11-6-3-2-4-7-11/h2-10H,1H3,(H,19,23)(H,21,22). The Hall–Kier alpha value is -2.99. The second kappa shape index (κ2) is 5.90. The van der Waals surface area contributed by atoms with E-state index in [0.29, 0.717) is 16.9 Å². The third-order valence-electron chi connectivity index (χ3n) is 3.80. The molecule has 4 rings (SSSR count). The highest BCUT2D eigenvalue weighted by molar-refractivity contribution is 7.17. The van der Waals surface area contributed by atoms with Crippen LogP contribution < -0.4 is 10.6 Å². The van der Waals surface area contributed by atoms with Gasteiger partial charge in [-0.3, -0.25) is 4.79 Å². The van der Waals surface area contributed by atoms with E-state index in [1.165, 1.54) is 0 Å². The molecular formula is C18H14N4OS. The van der Waals surface area contributed by atoms with Gasteiger partial charge in [-0.15, -0.1) is 11.3 Å². The van der Waals surface area contributed by atoms with Crippen molar-refractivity contribution in [1.29, 1.82) is 0 Å². The number of carbonyl (C=O) groups is 1. The molecule has 0 radical (unpaired) electrons. The van der Waals surface area contributed by atoms with Crippen molar-refractivity contribution in [2.45, 2.75) is 0 Å². The van der Waals surface area contributed by atoms with Gasteiger partial charge in [0.25, 0.3) is 5.91 Å². The van der Waals surface area contributed by atoms with E-state index in [2.05, 4.69) is 15.6 Å². The van der Waals surface area contributed by atoms with Crippen LogP contribution in [0.2, 0.25) is 0 Å². The molecule has 0 aliphatic carbocycles.